The molecular formula is C7H16NO3P. The summed E-state index contributed by atoms with van der Waals surface area (Å²) in [6.07, 6.45) is 0.715. The smallest absolute Gasteiger partial charge is 0.319 e. The molecule has 0 aromatic carbocycles. The maximum Gasteiger partial charge on any atom is 0.319 e. The molecule has 0 rings (SSSR count). The lowest BCUT2D eigenvalue weighted by Crippen LogP contribution is -2.23. The fraction of sp³-hybridized carbons (Fsp3) is 0.857. The maximum atomic E-state index is 10.8. The first-order valence-corrected chi connectivity index (χ1v) is 5.13. The van der Waals surface area contributed by atoms with E-state index >= 15 is 0 Å². The Kier molecular flexibility index (Phi) is 8.78. The number of esters is 1. The fourth-order valence-electron chi connectivity index (χ4n) is 0.581. The van der Waals surface area contributed by atoms with Crippen molar-refractivity contribution in [3.8, 4) is 0 Å². The summed E-state index contributed by atoms with van der Waals surface area (Å²) in [5, 5.41) is 2.92. The molecule has 0 saturated carbocycles. The SMILES string of the molecule is CCOPCNCC(=O)OCC. The highest BCUT2D eigenvalue weighted by Gasteiger charge is 1.98. The molecule has 0 bridgehead atoms. The van der Waals surface area contributed by atoms with Gasteiger partial charge in [0.2, 0.25) is 0 Å². The molecule has 0 spiro atoms. The first-order chi connectivity index (χ1) is 5.81. The van der Waals surface area contributed by atoms with Crippen LogP contribution < -0.4 is 5.32 Å². The van der Waals surface area contributed by atoms with Crippen molar-refractivity contribution in [1.82, 2.24) is 5.32 Å². The summed E-state index contributed by atoms with van der Waals surface area (Å²) in [7, 11) is 0.415. The molecule has 1 unspecified atom stereocenters. The Balaban J connectivity index is 3.03. The molecule has 0 heterocycles. The standard InChI is InChI=1S/C7H16NO3P/c1-3-10-7(9)5-8-6-12-11-4-2/h8,12H,3-6H2,1-2H3. The summed E-state index contributed by atoms with van der Waals surface area (Å²) in [6, 6.07) is 0. The molecule has 12 heavy (non-hydrogen) atoms. The lowest BCUT2D eigenvalue weighted by atomic mass is 10.6. The minimum absolute atomic E-state index is 0.209. The highest BCUT2D eigenvalue weighted by atomic mass is 31.1. The Morgan fingerprint density at radius 1 is 1.42 bits per heavy atom. The van der Waals surface area contributed by atoms with Gasteiger partial charge in [-0.25, -0.2) is 0 Å². The van der Waals surface area contributed by atoms with Crippen LogP contribution in [0.25, 0.3) is 0 Å². The van der Waals surface area contributed by atoms with Crippen LogP contribution in [-0.4, -0.2) is 32.0 Å². The number of rotatable bonds is 7. The average Bonchev–Trinajstić information content (AvgIpc) is 2.05. The van der Waals surface area contributed by atoms with Crippen molar-refractivity contribution >= 4 is 14.8 Å². The van der Waals surface area contributed by atoms with Gasteiger partial charge in [0.15, 0.2) is 0 Å². The number of carbonyl (C=O) groups is 1. The molecule has 0 amide bonds. The maximum absolute atomic E-state index is 10.8. The first kappa shape index (κ1) is 11.8. The van der Waals surface area contributed by atoms with Gasteiger partial charge in [-0.3, -0.25) is 4.79 Å². The molecule has 0 aliphatic heterocycles. The second kappa shape index (κ2) is 8.91. The molecular weight excluding hydrogens is 177 g/mol. The van der Waals surface area contributed by atoms with Gasteiger partial charge in [0.1, 0.15) is 0 Å². The van der Waals surface area contributed by atoms with Crippen LogP contribution in [0.5, 0.6) is 0 Å². The van der Waals surface area contributed by atoms with Crippen molar-refractivity contribution in [2.75, 3.05) is 26.0 Å². The van der Waals surface area contributed by atoms with Gasteiger partial charge in [-0.05, 0) is 13.8 Å². The second-order valence-electron chi connectivity index (χ2n) is 1.99. The molecule has 0 radical (unpaired) electrons. The van der Waals surface area contributed by atoms with Crippen LogP contribution in [0.15, 0.2) is 0 Å². The quantitative estimate of drug-likeness (QED) is 0.368. The minimum atomic E-state index is -0.209. The van der Waals surface area contributed by atoms with Crippen molar-refractivity contribution < 1.29 is 14.1 Å². The first-order valence-electron chi connectivity index (χ1n) is 4.02. The second-order valence-corrected chi connectivity index (χ2v) is 2.92. The number of carbonyl (C=O) groups excluding carboxylic acids is 1. The third-order valence-electron chi connectivity index (χ3n) is 1.02. The number of hydrogen-bond acceptors (Lipinski definition) is 4. The number of ether oxygens (including phenoxy) is 1. The molecule has 0 fully saturated rings. The monoisotopic (exact) mass is 193 g/mol. The molecule has 0 saturated heterocycles. The number of nitrogens with one attached hydrogen (secondary N) is 1. The normalized spacial score (nSPS) is 10.8. The molecule has 0 aliphatic carbocycles. The van der Waals surface area contributed by atoms with E-state index in [2.05, 4.69) is 5.32 Å². The van der Waals surface area contributed by atoms with E-state index in [4.69, 9.17) is 9.26 Å². The van der Waals surface area contributed by atoms with Gasteiger partial charge in [0.05, 0.1) is 13.2 Å². The fourth-order valence-corrected chi connectivity index (χ4v) is 1.11. The van der Waals surface area contributed by atoms with Gasteiger partial charge in [-0.1, -0.05) is 0 Å². The highest BCUT2D eigenvalue weighted by molar-refractivity contribution is 7.32. The largest absolute Gasteiger partial charge is 0.465 e. The third-order valence-corrected chi connectivity index (χ3v) is 1.91. The van der Waals surface area contributed by atoms with Crippen molar-refractivity contribution in [3.63, 3.8) is 0 Å². The molecule has 0 aromatic heterocycles. The van der Waals surface area contributed by atoms with Crippen LogP contribution in [0.2, 0.25) is 0 Å². The van der Waals surface area contributed by atoms with Crippen LogP contribution >= 0.6 is 8.81 Å². The van der Waals surface area contributed by atoms with Crippen LogP contribution in [-0.2, 0) is 14.1 Å². The lowest BCUT2D eigenvalue weighted by Gasteiger charge is -2.03. The average molecular weight is 193 g/mol. The summed E-state index contributed by atoms with van der Waals surface area (Å²) in [5.74, 6) is -0.209. The zero-order valence-electron chi connectivity index (χ0n) is 7.55. The van der Waals surface area contributed by atoms with Gasteiger partial charge < -0.3 is 14.6 Å². The van der Waals surface area contributed by atoms with Crippen LogP contribution in [0.3, 0.4) is 0 Å². The van der Waals surface area contributed by atoms with Crippen LogP contribution in [0, 0.1) is 0 Å². The molecule has 0 aromatic rings. The van der Waals surface area contributed by atoms with E-state index in [9.17, 15) is 4.79 Å². The lowest BCUT2D eigenvalue weighted by molar-refractivity contribution is -0.141. The van der Waals surface area contributed by atoms with Gasteiger partial charge in [0, 0.05) is 21.7 Å². The predicted molar refractivity (Wildman–Crippen MR) is 49.4 cm³/mol. The summed E-state index contributed by atoms with van der Waals surface area (Å²) in [5.41, 5.74) is 0. The van der Waals surface area contributed by atoms with Gasteiger partial charge in [-0.2, -0.15) is 0 Å². The van der Waals surface area contributed by atoms with E-state index in [0.29, 0.717) is 21.7 Å². The van der Waals surface area contributed by atoms with E-state index in [-0.39, 0.29) is 12.5 Å². The van der Waals surface area contributed by atoms with Crippen LogP contribution in [0.1, 0.15) is 13.8 Å². The molecule has 5 heteroatoms. The van der Waals surface area contributed by atoms with E-state index in [1.807, 2.05) is 6.92 Å². The Hall–Kier alpha value is -0.180. The van der Waals surface area contributed by atoms with E-state index in [1.54, 1.807) is 6.92 Å². The Morgan fingerprint density at radius 3 is 2.75 bits per heavy atom. The Labute approximate surface area is 74.9 Å². The van der Waals surface area contributed by atoms with Crippen molar-refractivity contribution in [3.05, 3.63) is 0 Å². The van der Waals surface area contributed by atoms with Gasteiger partial charge >= 0.3 is 5.97 Å². The van der Waals surface area contributed by atoms with Crippen molar-refractivity contribution in [2.45, 2.75) is 13.8 Å². The zero-order chi connectivity index (χ0) is 9.23. The molecule has 4 nitrogen and oxygen atoms in total. The van der Waals surface area contributed by atoms with Crippen molar-refractivity contribution in [1.29, 1.82) is 0 Å². The Bertz CT molecular complexity index is 121. The molecule has 72 valence electrons. The molecule has 0 aliphatic rings. The Morgan fingerprint density at radius 2 is 2.17 bits per heavy atom. The summed E-state index contributed by atoms with van der Waals surface area (Å²) in [4.78, 5) is 10.8. The van der Waals surface area contributed by atoms with E-state index < -0.39 is 0 Å². The number of hydrogen-bond donors (Lipinski definition) is 1. The van der Waals surface area contributed by atoms with Crippen molar-refractivity contribution in [2.24, 2.45) is 0 Å². The third kappa shape index (κ3) is 7.92. The summed E-state index contributed by atoms with van der Waals surface area (Å²) < 4.78 is 9.80. The van der Waals surface area contributed by atoms with E-state index in [0.717, 1.165) is 6.61 Å². The van der Waals surface area contributed by atoms with Gasteiger partial charge in [0.25, 0.3) is 0 Å². The van der Waals surface area contributed by atoms with Gasteiger partial charge in [-0.15, -0.1) is 0 Å². The minimum Gasteiger partial charge on any atom is -0.465 e. The molecule has 1 N–H and O–H groups in total. The van der Waals surface area contributed by atoms with Crippen LogP contribution in [0.4, 0.5) is 0 Å². The highest BCUT2D eigenvalue weighted by Crippen LogP contribution is 2.06. The topological polar surface area (TPSA) is 47.6 Å². The van der Waals surface area contributed by atoms with E-state index in [1.165, 1.54) is 0 Å². The molecule has 1 atom stereocenters. The summed E-state index contributed by atoms with van der Waals surface area (Å²) >= 11 is 0. The predicted octanol–water partition coefficient (Wildman–Crippen LogP) is 0.727. The zero-order valence-corrected chi connectivity index (χ0v) is 8.55. The summed E-state index contributed by atoms with van der Waals surface area (Å²) in [6.45, 7) is 5.17.